The van der Waals surface area contributed by atoms with Crippen molar-refractivity contribution in [3.05, 3.63) is 59.7 Å². The zero-order valence-electron chi connectivity index (χ0n) is 16.2. The van der Waals surface area contributed by atoms with Crippen molar-refractivity contribution in [2.45, 2.75) is 32.2 Å². The molecule has 2 amide bonds. The topological polar surface area (TPSA) is 100 Å². The van der Waals surface area contributed by atoms with E-state index in [4.69, 9.17) is 4.74 Å². The van der Waals surface area contributed by atoms with E-state index in [1.54, 1.807) is 55.6 Å². The molecule has 0 radical (unpaired) electrons. The third-order valence-corrected chi connectivity index (χ3v) is 3.90. The minimum atomic E-state index is -0.541. The number of aromatic hydroxyl groups is 1. The highest BCUT2D eigenvalue weighted by atomic mass is 16.5. The van der Waals surface area contributed by atoms with E-state index in [1.807, 2.05) is 13.8 Å². The van der Waals surface area contributed by atoms with E-state index in [0.717, 1.165) is 16.9 Å². The third kappa shape index (κ3) is 7.11. The Kier molecular flexibility index (Phi) is 7.14. The highest BCUT2D eigenvalue weighted by Gasteiger charge is 2.22. The maximum Gasteiger partial charge on any atom is 0.249 e. The number of phenols is 1. The SMILES string of the molecule is COc1ccc(/C=N\NC(=O)CC(=O)NC(C)(C)Cc2ccc(O)cc2)cc1. The number of hydrogen-bond acceptors (Lipinski definition) is 5. The Bertz CT molecular complexity index is 828. The summed E-state index contributed by atoms with van der Waals surface area (Å²) >= 11 is 0. The second kappa shape index (κ2) is 9.55. The summed E-state index contributed by atoms with van der Waals surface area (Å²) < 4.78 is 5.07. The molecule has 7 nitrogen and oxygen atoms in total. The number of amides is 2. The Morgan fingerprint density at radius 1 is 1.07 bits per heavy atom. The molecule has 0 bridgehead atoms. The van der Waals surface area contributed by atoms with Gasteiger partial charge in [0.15, 0.2) is 0 Å². The first-order valence-corrected chi connectivity index (χ1v) is 8.82. The lowest BCUT2D eigenvalue weighted by Crippen LogP contribution is -2.46. The molecule has 0 spiro atoms. The molecule has 0 aliphatic rings. The summed E-state index contributed by atoms with van der Waals surface area (Å²) in [5, 5.41) is 16.0. The molecule has 0 aliphatic heterocycles. The van der Waals surface area contributed by atoms with Crippen LogP contribution in [0.1, 0.15) is 31.4 Å². The van der Waals surface area contributed by atoms with Gasteiger partial charge in [0.05, 0.1) is 13.3 Å². The molecule has 0 heterocycles. The second-order valence-corrected chi connectivity index (χ2v) is 7.02. The van der Waals surface area contributed by atoms with Gasteiger partial charge in [-0.1, -0.05) is 12.1 Å². The maximum absolute atomic E-state index is 12.1. The molecule has 3 N–H and O–H groups in total. The Balaban J connectivity index is 1.79. The number of nitrogens with one attached hydrogen (secondary N) is 2. The molecular formula is C21H25N3O4. The quantitative estimate of drug-likeness (QED) is 0.370. The van der Waals surface area contributed by atoms with Crippen LogP contribution < -0.4 is 15.5 Å². The number of phenolic OH excluding ortho intramolecular Hbond substituents is 1. The van der Waals surface area contributed by atoms with Gasteiger partial charge in [-0.05, 0) is 67.8 Å². The summed E-state index contributed by atoms with van der Waals surface area (Å²) in [4.78, 5) is 24.0. The molecule has 0 aromatic heterocycles. The molecule has 28 heavy (non-hydrogen) atoms. The maximum atomic E-state index is 12.1. The van der Waals surface area contributed by atoms with Crippen LogP contribution in [0.4, 0.5) is 0 Å². The first-order valence-electron chi connectivity index (χ1n) is 8.82. The molecule has 0 atom stereocenters. The fourth-order valence-corrected chi connectivity index (χ4v) is 2.64. The Morgan fingerprint density at radius 3 is 2.32 bits per heavy atom. The Hall–Kier alpha value is -3.35. The minimum Gasteiger partial charge on any atom is -0.508 e. The van der Waals surface area contributed by atoms with Gasteiger partial charge in [0.25, 0.3) is 0 Å². The number of hydrogen-bond donors (Lipinski definition) is 3. The number of benzene rings is 2. The lowest BCUT2D eigenvalue weighted by Gasteiger charge is -2.26. The molecule has 2 rings (SSSR count). The number of ether oxygens (including phenoxy) is 1. The lowest BCUT2D eigenvalue weighted by atomic mass is 9.94. The third-order valence-electron chi connectivity index (χ3n) is 3.90. The molecule has 0 aliphatic carbocycles. The van der Waals surface area contributed by atoms with Crippen LogP contribution in [0, 0.1) is 0 Å². The van der Waals surface area contributed by atoms with Crippen molar-refractivity contribution >= 4 is 18.0 Å². The van der Waals surface area contributed by atoms with Crippen molar-refractivity contribution in [3.8, 4) is 11.5 Å². The fourth-order valence-electron chi connectivity index (χ4n) is 2.64. The van der Waals surface area contributed by atoms with Crippen molar-refractivity contribution in [2.75, 3.05) is 7.11 Å². The van der Waals surface area contributed by atoms with E-state index in [1.165, 1.54) is 6.21 Å². The number of methoxy groups -OCH3 is 1. The summed E-state index contributed by atoms with van der Waals surface area (Å²) in [5.74, 6) is 0.0360. The number of nitrogens with zero attached hydrogens (tertiary/aromatic N) is 1. The first-order chi connectivity index (χ1) is 13.3. The van der Waals surface area contributed by atoms with Gasteiger partial charge in [0, 0.05) is 5.54 Å². The standard InChI is InChI=1S/C21H25N3O4/c1-21(2,13-15-4-8-17(25)9-5-15)23-19(26)12-20(27)24-22-14-16-6-10-18(28-3)11-7-16/h4-11,14,25H,12-13H2,1-3H3,(H,23,26)(H,24,27)/b22-14-. The summed E-state index contributed by atoms with van der Waals surface area (Å²) in [6.07, 6.45) is 1.74. The largest absolute Gasteiger partial charge is 0.508 e. The van der Waals surface area contributed by atoms with Gasteiger partial charge < -0.3 is 15.2 Å². The highest BCUT2D eigenvalue weighted by molar-refractivity contribution is 5.97. The van der Waals surface area contributed by atoms with Gasteiger partial charge in [-0.3, -0.25) is 9.59 Å². The number of carbonyl (C=O) groups is 2. The van der Waals surface area contributed by atoms with Crippen LogP contribution >= 0.6 is 0 Å². The Labute approximate surface area is 164 Å². The van der Waals surface area contributed by atoms with Gasteiger partial charge in [-0.2, -0.15) is 5.10 Å². The number of rotatable bonds is 8. The number of carbonyl (C=O) groups excluding carboxylic acids is 2. The molecule has 7 heteroatoms. The zero-order valence-corrected chi connectivity index (χ0v) is 16.2. The Morgan fingerprint density at radius 2 is 1.71 bits per heavy atom. The van der Waals surface area contributed by atoms with Crippen LogP contribution in [0.25, 0.3) is 0 Å². The predicted molar refractivity (Wildman–Crippen MR) is 107 cm³/mol. The van der Waals surface area contributed by atoms with Crippen molar-refractivity contribution in [1.29, 1.82) is 0 Å². The summed E-state index contributed by atoms with van der Waals surface area (Å²) in [7, 11) is 1.58. The van der Waals surface area contributed by atoms with E-state index < -0.39 is 11.4 Å². The average molecular weight is 383 g/mol. The van der Waals surface area contributed by atoms with Crippen LogP contribution in [0.15, 0.2) is 53.6 Å². The van der Waals surface area contributed by atoms with Crippen LogP contribution in [0.3, 0.4) is 0 Å². The smallest absolute Gasteiger partial charge is 0.249 e. The molecule has 2 aromatic rings. The average Bonchev–Trinajstić information content (AvgIpc) is 2.63. The van der Waals surface area contributed by atoms with Gasteiger partial charge in [0.2, 0.25) is 11.8 Å². The number of hydrazone groups is 1. The molecule has 0 saturated heterocycles. The first kappa shape index (κ1) is 21.0. The monoisotopic (exact) mass is 383 g/mol. The van der Waals surface area contributed by atoms with E-state index in [9.17, 15) is 14.7 Å². The molecule has 0 fully saturated rings. The normalized spacial score (nSPS) is 11.2. The van der Waals surface area contributed by atoms with E-state index in [2.05, 4.69) is 15.8 Å². The fraction of sp³-hybridized carbons (Fsp3) is 0.286. The second-order valence-electron chi connectivity index (χ2n) is 7.02. The van der Waals surface area contributed by atoms with Gasteiger partial charge in [0.1, 0.15) is 17.9 Å². The van der Waals surface area contributed by atoms with Gasteiger partial charge in [-0.25, -0.2) is 5.43 Å². The molecule has 0 saturated carbocycles. The van der Waals surface area contributed by atoms with E-state index >= 15 is 0 Å². The van der Waals surface area contributed by atoms with E-state index in [-0.39, 0.29) is 18.1 Å². The van der Waals surface area contributed by atoms with Crippen LogP contribution in [0.5, 0.6) is 11.5 Å². The van der Waals surface area contributed by atoms with Crippen LogP contribution in [-0.2, 0) is 16.0 Å². The van der Waals surface area contributed by atoms with Crippen molar-refractivity contribution in [1.82, 2.24) is 10.7 Å². The highest BCUT2D eigenvalue weighted by Crippen LogP contribution is 2.16. The summed E-state index contributed by atoms with van der Waals surface area (Å²) in [6, 6.07) is 14.0. The minimum absolute atomic E-state index is 0.192. The summed E-state index contributed by atoms with van der Waals surface area (Å²) in [5.41, 5.74) is 3.56. The van der Waals surface area contributed by atoms with E-state index in [0.29, 0.717) is 6.42 Å². The predicted octanol–water partition coefficient (Wildman–Crippen LogP) is 2.38. The molecular weight excluding hydrogens is 358 g/mol. The lowest BCUT2D eigenvalue weighted by molar-refractivity contribution is -0.130. The van der Waals surface area contributed by atoms with Crippen molar-refractivity contribution in [3.63, 3.8) is 0 Å². The van der Waals surface area contributed by atoms with Crippen LogP contribution in [-0.4, -0.2) is 35.8 Å². The molecule has 2 aromatic carbocycles. The van der Waals surface area contributed by atoms with Gasteiger partial charge in [-0.15, -0.1) is 0 Å². The van der Waals surface area contributed by atoms with Crippen molar-refractivity contribution < 1.29 is 19.4 Å². The van der Waals surface area contributed by atoms with Crippen molar-refractivity contribution in [2.24, 2.45) is 5.10 Å². The summed E-state index contributed by atoms with van der Waals surface area (Å²) in [6.45, 7) is 3.75. The zero-order chi connectivity index (χ0) is 20.6. The van der Waals surface area contributed by atoms with Crippen LogP contribution in [0.2, 0.25) is 0 Å². The molecule has 148 valence electrons. The van der Waals surface area contributed by atoms with Gasteiger partial charge >= 0.3 is 0 Å². The molecule has 0 unspecified atom stereocenters.